The number of carbonyl (C=O) groups is 2. The first kappa shape index (κ1) is 17.8. The number of nitrogens with zero attached hydrogens (tertiary/aromatic N) is 1. The van der Waals surface area contributed by atoms with Crippen LogP contribution in [0, 0.1) is 11.3 Å². The summed E-state index contributed by atoms with van der Waals surface area (Å²) >= 11 is 0. The fraction of sp³-hybridized carbons (Fsp3) is 0.167. The summed E-state index contributed by atoms with van der Waals surface area (Å²) in [5, 5.41) is 14.2. The molecule has 0 saturated heterocycles. The summed E-state index contributed by atoms with van der Waals surface area (Å²) < 4.78 is 10.3. The zero-order valence-corrected chi connectivity index (χ0v) is 13.8. The Hall–Kier alpha value is -3.53. The SMILES string of the molecule is COc1ccc(NC(=O)CC(=O)Nc2ccccc2C#N)c(OC)c1. The van der Waals surface area contributed by atoms with E-state index in [0.29, 0.717) is 28.4 Å². The lowest BCUT2D eigenvalue weighted by atomic mass is 10.2. The van der Waals surface area contributed by atoms with E-state index in [4.69, 9.17) is 14.7 Å². The summed E-state index contributed by atoms with van der Waals surface area (Å²) in [6.45, 7) is 0. The van der Waals surface area contributed by atoms with Gasteiger partial charge in [0.05, 0.1) is 31.2 Å². The smallest absolute Gasteiger partial charge is 0.233 e. The predicted octanol–water partition coefficient (Wildman–Crippen LogP) is 2.54. The molecule has 0 aliphatic heterocycles. The van der Waals surface area contributed by atoms with Gasteiger partial charge in [-0.1, -0.05) is 12.1 Å². The Labute approximate surface area is 145 Å². The molecule has 2 aromatic carbocycles. The Bertz CT molecular complexity index is 827. The molecule has 128 valence electrons. The standard InChI is InChI=1S/C18H17N3O4/c1-24-13-7-8-15(16(9-13)25-2)21-18(23)10-17(22)20-14-6-4-3-5-12(14)11-19/h3-9H,10H2,1-2H3,(H,20,22)(H,21,23). The Kier molecular flexibility index (Phi) is 5.96. The highest BCUT2D eigenvalue weighted by Crippen LogP contribution is 2.29. The van der Waals surface area contributed by atoms with E-state index >= 15 is 0 Å². The number of amides is 2. The zero-order valence-electron chi connectivity index (χ0n) is 13.8. The summed E-state index contributed by atoms with van der Waals surface area (Å²) in [6, 6.07) is 13.5. The molecule has 2 aromatic rings. The largest absolute Gasteiger partial charge is 0.497 e. The van der Waals surface area contributed by atoms with E-state index in [9.17, 15) is 9.59 Å². The summed E-state index contributed by atoms with van der Waals surface area (Å²) in [5.41, 5.74) is 1.12. The maximum absolute atomic E-state index is 12.1. The van der Waals surface area contributed by atoms with Crippen molar-refractivity contribution < 1.29 is 19.1 Å². The quantitative estimate of drug-likeness (QED) is 0.788. The van der Waals surface area contributed by atoms with E-state index in [2.05, 4.69) is 10.6 Å². The van der Waals surface area contributed by atoms with Crippen LogP contribution in [0.3, 0.4) is 0 Å². The Balaban J connectivity index is 2.00. The van der Waals surface area contributed by atoms with Crippen molar-refractivity contribution in [2.24, 2.45) is 0 Å². The van der Waals surface area contributed by atoms with Crippen LogP contribution in [0.2, 0.25) is 0 Å². The molecular formula is C18H17N3O4. The second kappa shape index (κ2) is 8.36. The molecule has 7 nitrogen and oxygen atoms in total. The van der Waals surface area contributed by atoms with Crippen molar-refractivity contribution in [3.8, 4) is 17.6 Å². The number of hydrogen-bond donors (Lipinski definition) is 2. The summed E-state index contributed by atoms with van der Waals surface area (Å²) in [5.74, 6) is -0.0216. The summed E-state index contributed by atoms with van der Waals surface area (Å²) in [4.78, 5) is 24.1. The molecule has 2 N–H and O–H groups in total. The molecule has 0 spiro atoms. The van der Waals surface area contributed by atoms with Crippen LogP contribution in [0.4, 0.5) is 11.4 Å². The number of nitrogens with one attached hydrogen (secondary N) is 2. The number of para-hydroxylation sites is 1. The minimum absolute atomic E-state index is 0.327. The van der Waals surface area contributed by atoms with Crippen LogP contribution in [0.1, 0.15) is 12.0 Å². The Morgan fingerprint density at radius 3 is 2.32 bits per heavy atom. The topological polar surface area (TPSA) is 100 Å². The van der Waals surface area contributed by atoms with Gasteiger partial charge in [0.25, 0.3) is 0 Å². The molecule has 0 unspecified atom stereocenters. The molecule has 0 bridgehead atoms. The molecule has 0 aromatic heterocycles. The number of carbonyl (C=O) groups excluding carboxylic acids is 2. The van der Waals surface area contributed by atoms with Gasteiger partial charge in [0.2, 0.25) is 11.8 Å². The van der Waals surface area contributed by atoms with Gasteiger partial charge in [-0.15, -0.1) is 0 Å². The van der Waals surface area contributed by atoms with Crippen molar-refractivity contribution >= 4 is 23.2 Å². The first-order valence-corrected chi connectivity index (χ1v) is 7.38. The van der Waals surface area contributed by atoms with Gasteiger partial charge >= 0.3 is 0 Å². The average Bonchev–Trinajstić information content (AvgIpc) is 2.62. The Morgan fingerprint density at radius 1 is 1.00 bits per heavy atom. The van der Waals surface area contributed by atoms with Gasteiger partial charge in [-0.2, -0.15) is 5.26 Å². The highest BCUT2D eigenvalue weighted by Gasteiger charge is 2.14. The average molecular weight is 339 g/mol. The maximum Gasteiger partial charge on any atom is 0.233 e. The van der Waals surface area contributed by atoms with E-state index < -0.39 is 18.2 Å². The normalized spacial score (nSPS) is 9.64. The summed E-state index contributed by atoms with van der Waals surface area (Å²) in [6.07, 6.45) is -0.394. The number of rotatable bonds is 6. The monoisotopic (exact) mass is 339 g/mol. The van der Waals surface area contributed by atoms with Gasteiger partial charge in [-0.05, 0) is 24.3 Å². The second-order valence-electron chi connectivity index (χ2n) is 5.00. The van der Waals surface area contributed by atoms with E-state index in [1.807, 2.05) is 6.07 Å². The van der Waals surface area contributed by atoms with Crippen LogP contribution in [-0.4, -0.2) is 26.0 Å². The molecule has 0 aliphatic rings. The minimum atomic E-state index is -0.521. The van der Waals surface area contributed by atoms with Crippen LogP contribution in [0.15, 0.2) is 42.5 Å². The number of nitriles is 1. The zero-order chi connectivity index (χ0) is 18.2. The number of hydrogen-bond acceptors (Lipinski definition) is 5. The van der Waals surface area contributed by atoms with Crippen LogP contribution in [0.25, 0.3) is 0 Å². The van der Waals surface area contributed by atoms with Crippen LogP contribution < -0.4 is 20.1 Å². The molecular weight excluding hydrogens is 322 g/mol. The van der Waals surface area contributed by atoms with Crippen LogP contribution in [0.5, 0.6) is 11.5 Å². The van der Waals surface area contributed by atoms with Gasteiger partial charge in [0, 0.05) is 6.07 Å². The number of benzene rings is 2. The van der Waals surface area contributed by atoms with Crippen molar-refractivity contribution in [2.45, 2.75) is 6.42 Å². The molecule has 2 amide bonds. The Morgan fingerprint density at radius 2 is 1.68 bits per heavy atom. The second-order valence-corrected chi connectivity index (χ2v) is 5.00. The fourth-order valence-corrected chi connectivity index (χ4v) is 2.13. The minimum Gasteiger partial charge on any atom is -0.497 e. The lowest BCUT2D eigenvalue weighted by Crippen LogP contribution is -2.22. The van der Waals surface area contributed by atoms with Crippen molar-refractivity contribution in [2.75, 3.05) is 24.9 Å². The highest BCUT2D eigenvalue weighted by atomic mass is 16.5. The van der Waals surface area contributed by atoms with E-state index in [-0.39, 0.29) is 0 Å². The van der Waals surface area contributed by atoms with Gasteiger partial charge < -0.3 is 20.1 Å². The van der Waals surface area contributed by atoms with Gasteiger partial charge in [-0.3, -0.25) is 9.59 Å². The molecule has 7 heteroatoms. The molecule has 2 rings (SSSR count). The van der Waals surface area contributed by atoms with E-state index in [1.165, 1.54) is 14.2 Å². The van der Waals surface area contributed by atoms with Gasteiger partial charge in [0.1, 0.15) is 24.0 Å². The van der Waals surface area contributed by atoms with Crippen molar-refractivity contribution in [1.29, 1.82) is 5.26 Å². The van der Waals surface area contributed by atoms with Crippen LogP contribution in [-0.2, 0) is 9.59 Å². The van der Waals surface area contributed by atoms with Gasteiger partial charge in [-0.25, -0.2) is 0 Å². The molecule has 0 radical (unpaired) electrons. The predicted molar refractivity (Wildman–Crippen MR) is 92.6 cm³/mol. The van der Waals surface area contributed by atoms with E-state index in [0.717, 1.165) is 0 Å². The number of ether oxygens (including phenoxy) is 2. The third kappa shape index (κ3) is 4.72. The first-order valence-electron chi connectivity index (χ1n) is 7.38. The van der Waals surface area contributed by atoms with Gasteiger partial charge in [0.15, 0.2) is 0 Å². The molecule has 0 heterocycles. The molecule has 0 fully saturated rings. The van der Waals surface area contributed by atoms with E-state index in [1.54, 1.807) is 42.5 Å². The lowest BCUT2D eigenvalue weighted by molar-refractivity contribution is -0.123. The fourth-order valence-electron chi connectivity index (χ4n) is 2.13. The van der Waals surface area contributed by atoms with Crippen LogP contribution >= 0.6 is 0 Å². The number of methoxy groups -OCH3 is 2. The third-order valence-electron chi connectivity index (χ3n) is 3.33. The van der Waals surface area contributed by atoms with Crippen molar-refractivity contribution in [3.05, 3.63) is 48.0 Å². The maximum atomic E-state index is 12.1. The highest BCUT2D eigenvalue weighted by molar-refractivity contribution is 6.08. The molecule has 0 atom stereocenters. The van der Waals surface area contributed by atoms with Crippen molar-refractivity contribution in [1.82, 2.24) is 0 Å². The molecule has 25 heavy (non-hydrogen) atoms. The molecule has 0 saturated carbocycles. The lowest BCUT2D eigenvalue weighted by Gasteiger charge is -2.12. The summed E-state index contributed by atoms with van der Waals surface area (Å²) in [7, 11) is 2.99. The number of anilines is 2. The van der Waals surface area contributed by atoms with Crippen molar-refractivity contribution in [3.63, 3.8) is 0 Å². The third-order valence-corrected chi connectivity index (χ3v) is 3.33. The first-order chi connectivity index (χ1) is 12.1. The molecule has 0 aliphatic carbocycles.